The Morgan fingerprint density at radius 2 is 2.17 bits per heavy atom. The van der Waals surface area contributed by atoms with Gasteiger partial charge in [0.05, 0.1) is 7.11 Å². The zero-order valence-electron chi connectivity index (χ0n) is 11.6. The second-order valence-corrected chi connectivity index (χ2v) is 4.31. The van der Waals surface area contributed by atoms with Crippen LogP contribution in [0.3, 0.4) is 0 Å². The number of benzene rings is 1. The lowest BCUT2D eigenvalue weighted by Crippen LogP contribution is -2.26. The number of methoxy groups -OCH3 is 1. The molecule has 1 aromatic rings. The maximum atomic E-state index is 12.0. The third-order valence-corrected chi connectivity index (χ3v) is 2.75. The fourth-order valence-corrected chi connectivity index (χ4v) is 1.81. The van der Waals surface area contributed by atoms with Crippen LogP contribution >= 0.6 is 0 Å². The van der Waals surface area contributed by atoms with Crippen molar-refractivity contribution in [2.45, 2.75) is 26.8 Å². The summed E-state index contributed by atoms with van der Waals surface area (Å²) < 4.78 is 5.17. The zero-order valence-corrected chi connectivity index (χ0v) is 11.6. The number of amides is 1. The Kier molecular flexibility index (Phi) is 5.43. The van der Waals surface area contributed by atoms with E-state index in [0.717, 1.165) is 23.3 Å². The fourth-order valence-electron chi connectivity index (χ4n) is 1.81. The first kappa shape index (κ1) is 14.3. The average Bonchev–Trinajstić information content (AvgIpc) is 2.38. The van der Waals surface area contributed by atoms with E-state index in [4.69, 9.17) is 4.74 Å². The molecule has 0 heterocycles. The minimum Gasteiger partial charge on any atom is -0.497 e. The van der Waals surface area contributed by atoms with Gasteiger partial charge in [0.2, 0.25) is 5.91 Å². The van der Waals surface area contributed by atoms with Gasteiger partial charge in [0.15, 0.2) is 0 Å². The number of ether oxygens (including phenoxy) is 1. The summed E-state index contributed by atoms with van der Waals surface area (Å²) in [5.41, 5.74) is 1.86. The summed E-state index contributed by atoms with van der Waals surface area (Å²) in [6, 6.07) is 7.77. The van der Waals surface area contributed by atoms with Crippen molar-refractivity contribution < 1.29 is 9.53 Å². The topological polar surface area (TPSA) is 29.5 Å². The molecule has 0 spiro atoms. The van der Waals surface area contributed by atoms with Gasteiger partial charge in [-0.1, -0.05) is 25.1 Å². The minimum atomic E-state index is 0.0691. The molecule has 98 valence electrons. The fraction of sp³-hybridized carbons (Fsp3) is 0.400. The number of carbonyl (C=O) groups excluding carboxylic acids is 1. The Labute approximate surface area is 109 Å². The third-order valence-electron chi connectivity index (χ3n) is 2.75. The molecule has 1 aromatic carbocycles. The SMILES string of the molecule is CC/C=C(\C)C(=O)N(C)Cc1cccc(OC)c1. The smallest absolute Gasteiger partial charge is 0.249 e. The van der Waals surface area contributed by atoms with Crippen LogP contribution in [0.5, 0.6) is 5.75 Å². The predicted octanol–water partition coefficient (Wildman–Crippen LogP) is 3.01. The van der Waals surface area contributed by atoms with Crippen LogP contribution in [0.2, 0.25) is 0 Å². The molecule has 0 unspecified atom stereocenters. The highest BCUT2D eigenvalue weighted by atomic mass is 16.5. The van der Waals surface area contributed by atoms with Crippen molar-refractivity contribution in [3.05, 3.63) is 41.5 Å². The maximum absolute atomic E-state index is 12.0. The molecule has 0 saturated carbocycles. The number of carbonyl (C=O) groups is 1. The number of rotatable bonds is 5. The van der Waals surface area contributed by atoms with E-state index >= 15 is 0 Å². The Balaban J connectivity index is 2.72. The van der Waals surface area contributed by atoms with Crippen molar-refractivity contribution in [1.29, 1.82) is 0 Å². The van der Waals surface area contributed by atoms with Crippen LogP contribution in [0, 0.1) is 0 Å². The van der Waals surface area contributed by atoms with Gasteiger partial charge in [-0.05, 0) is 31.0 Å². The van der Waals surface area contributed by atoms with Gasteiger partial charge in [-0.3, -0.25) is 4.79 Å². The molecule has 0 saturated heterocycles. The molecule has 0 bridgehead atoms. The van der Waals surface area contributed by atoms with Crippen molar-refractivity contribution in [2.24, 2.45) is 0 Å². The van der Waals surface area contributed by atoms with Crippen molar-refractivity contribution in [3.8, 4) is 5.75 Å². The van der Waals surface area contributed by atoms with E-state index in [1.807, 2.05) is 51.2 Å². The first-order valence-corrected chi connectivity index (χ1v) is 6.13. The molecular weight excluding hydrogens is 226 g/mol. The number of hydrogen-bond donors (Lipinski definition) is 0. The van der Waals surface area contributed by atoms with Crippen LogP contribution in [0.25, 0.3) is 0 Å². The quantitative estimate of drug-likeness (QED) is 0.749. The molecule has 1 rings (SSSR count). The lowest BCUT2D eigenvalue weighted by Gasteiger charge is -2.18. The van der Waals surface area contributed by atoms with Gasteiger partial charge < -0.3 is 9.64 Å². The summed E-state index contributed by atoms with van der Waals surface area (Å²) in [5.74, 6) is 0.883. The lowest BCUT2D eigenvalue weighted by atomic mass is 10.1. The molecular formula is C15H21NO2. The summed E-state index contributed by atoms with van der Waals surface area (Å²) in [6.07, 6.45) is 2.83. The van der Waals surface area contributed by atoms with Crippen molar-refractivity contribution in [1.82, 2.24) is 4.90 Å². The number of hydrogen-bond acceptors (Lipinski definition) is 2. The minimum absolute atomic E-state index is 0.0691. The number of allylic oxidation sites excluding steroid dienone is 1. The summed E-state index contributed by atoms with van der Waals surface area (Å²) in [5, 5.41) is 0. The van der Waals surface area contributed by atoms with E-state index in [9.17, 15) is 4.79 Å². The van der Waals surface area contributed by atoms with Crippen molar-refractivity contribution >= 4 is 5.91 Å². The van der Waals surface area contributed by atoms with Gasteiger partial charge in [-0.2, -0.15) is 0 Å². The monoisotopic (exact) mass is 247 g/mol. The third kappa shape index (κ3) is 3.91. The number of likely N-dealkylation sites (N-methyl/N-ethyl adjacent to an activating group) is 1. The molecule has 1 amide bonds. The van der Waals surface area contributed by atoms with Crippen LogP contribution < -0.4 is 4.74 Å². The van der Waals surface area contributed by atoms with Gasteiger partial charge in [0, 0.05) is 19.2 Å². The van der Waals surface area contributed by atoms with Gasteiger partial charge >= 0.3 is 0 Å². The Morgan fingerprint density at radius 3 is 2.78 bits per heavy atom. The maximum Gasteiger partial charge on any atom is 0.249 e. The highest BCUT2D eigenvalue weighted by molar-refractivity contribution is 5.92. The molecule has 3 heteroatoms. The van der Waals surface area contributed by atoms with Gasteiger partial charge in [0.1, 0.15) is 5.75 Å². The van der Waals surface area contributed by atoms with Crippen LogP contribution in [0.15, 0.2) is 35.9 Å². The summed E-state index contributed by atoms with van der Waals surface area (Å²) in [4.78, 5) is 13.7. The average molecular weight is 247 g/mol. The molecule has 0 aliphatic rings. The zero-order chi connectivity index (χ0) is 13.5. The summed E-state index contributed by atoms with van der Waals surface area (Å²) in [6.45, 7) is 4.47. The normalized spacial score (nSPS) is 11.2. The molecule has 18 heavy (non-hydrogen) atoms. The van der Waals surface area contributed by atoms with Crippen LogP contribution in [0.1, 0.15) is 25.8 Å². The first-order valence-electron chi connectivity index (χ1n) is 6.13. The number of nitrogens with zero attached hydrogens (tertiary/aromatic N) is 1. The Morgan fingerprint density at radius 1 is 1.44 bits per heavy atom. The van der Waals surface area contributed by atoms with Crippen molar-refractivity contribution in [3.63, 3.8) is 0 Å². The molecule has 0 radical (unpaired) electrons. The largest absolute Gasteiger partial charge is 0.497 e. The molecule has 0 fully saturated rings. The first-order chi connectivity index (χ1) is 8.58. The molecule has 0 aliphatic heterocycles. The molecule has 0 aliphatic carbocycles. The van der Waals surface area contributed by atoms with E-state index in [2.05, 4.69) is 0 Å². The highest BCUT2D eigenvalue weighted by Crippen LogP contribution is 2.14. The standard InChI is InChI=1S/C15H21NO2/c1-5-7-12(2)15(17)16(3)11-13-8-6-9-14(10-13)18-4/h6-10H,5,11H2,1-4H3/b12-7+. The second kappa shape index (κ2) is 6.84. The van der Waals surface area contributed by atoms with E-state index in [1.165, 1.54) is 0 Å². The Bertz CT molecular complexity index is 438. The Hall–Kier alpha value is -1.77. The molecule has 3 nitrogen and oxygen atoms in total. The highest BCUT2D eigenvalue weighted by Gasteiger charge is 2.10. The second-order valence-electron chi connectivity index (χ2n) is 4.31. The lowest BCUT2D eigenvalue weighted by molar-refractivity contribution is -0.126. The van der Waals surface area contributed by atoms with E-state index in [0.29, 0.717) is 6.54 Å². The van der Waals surface area contributed by atoms with Crippen LogP contribution in [-0.2, 0) is 11.3 Å². The molecule has 0 atom stereocenters. The van der Waals surface area contributed by atoms with Gasteiger partial charge in [-0.25, -0.2) is 0 Å². The van der Waals surface area contributed by atoms with Gasteiger partial charge in [-0.15, -0.1) is 0 Å². The van der Waals surface area contributed by atoms with Crippen LogP contribution in [0.4, 0.5) is 0 Å². The van der Waals surface area contributed by atoms with E-state index in [-0.39, 0.29) is 5.91 Å². The van der Waals surface area contributed by atoms with Crippen LogP contribution in [-0.4, -0.2) is 25.0 Å². The molecule has 0 N–H and O–H groups in total. The van der Waals surface area contributed by atoms with E-state index < -0.39 is 0 Å². The summed E-state index contributed by atoms with van der Waals surface area (Å²) in [7, 11) is 3.46. The van der Waals surface area contributed by atoms with Gasteiger partial charge in [0.25, 0.3) is 0 Å². The predicted molar refractivity (Wildman–Crippen MR) is 73.5 cm³/mol. The summed E-state index contributed by atoms with van der Waals surface area (Å²) >= 11 is 0. The van der Waals surface area contributed by atoms with Crippen molar-refractivity contribution in [2.75, 3.05) is 14.2 Å². The van der Waals surface area contributed by atoms with E-state index in [1.54, 1.807) is 12.0 Å². The molecule has 0 aromatic heterocycles.